The van der Waals surface area contributed by atoms with Gasteiger partial charge in [-0.1, -0.05) is 33.1 Å². The van der Waals surface area contributed by atoms with Crippen LogP contribution in [0.15, 0.2) is 0 Å². The molecule has 1 fully saturated rings. The van der Waals surface area contributed by atoms with E-state index in [1.165, 1.54) is 32.1 Å². The predicted molar refractivity (Wildman–Crippen MR) is 91.9 cm³/mol. The van der Waals surface area contributed by atoms with Gasteiger partial charge in [0.2, 0.25) is 0 Å². The Kier molecular flexibility index (Phi) is 8.72. The number of hydrogen-bond donors (Lipinski definition) is 1. The van der Waals surface area contributed by atoms with Crippen molar-refractivity contribution in [2.24, 2.45) is 0 Å². The molecule has 0 amide bonds. The highest BCUT2D eigenvalue weighted by Crippen LogP contribution is 2.34. The van der Waals surface area contributed by atoms with Crippen LogP contribution in [0, 0.1) is 0 Å². The fourth-order valence-electron chi connectivity index (χ4n) is 3.07. The van der Waals surface area contributed by atoms with Crippen LogP contribution in [0.4, 0.5) is 0 Å². The van der Waals surface area contributed by atoms with Gasteiger partial charge in [-0.2, -0.15) is 11.8 Å². The Labute approximate surface area is 135 Å². The van der Waals surface area contributed by atoms with Gasteiger partial charge < -0.3 is 10.1 Å². The van der Waals surface area contributed by atoms with Crippen LogP contribution in [0.25, 0.3) is 0 Å². The van der Waals surface area contributed by atoms with Crippen molar-refractivity contribution in [2.45, 2.75) is 88.7 Å². The molecule has 124 valence electrons. The smallest absolute Gasteiger partial charge is 0.326 e. The zero-order valence-electron chi connectivity index (χ0n) is 14.2. The van der Waals surface area contributed by atoms with Crippen molar-refractivity contribution in [3.8, 4) is 0 Å². The molecule has 0 radical (unpaired) electrons. The first-order valence-electron chi connectivity index (χ1n) is 8.59. The van der Waals surface area contributed by atoms with Gasteiger partial charge >= 0.3 is 5.97 Å². The number of rotatable bonds is 9. The first-order chi connectivity index (χ1) is 10.0. The molecule has 3 nitrogen and oxygen atoms in total. The summed E-state index contributed by atoms with van der Waals surface area (Å²) in [6.45, 7) is 9.56. The molecule has 1 rings (SSSR count). The Bertz CT molecular complexity index is 305. The van der Waals surface area contributed by atoms with E-state index in [2.05, 4.69) is 30.9 Å². The summed E-state index contributed by atoms with van der Waals surface area (Å²) in [5.74, 6) is -0.102. The van der Waals surface area contributed by atoms with Gasteiger partial charge in [0.25, 0.3) is 0 Å². The van der Waals surface area contributed by atoms with E-state index in [0.717, 1.165) is 24.6 Å². The van der Waals surface area contributed by atoms with Crippen LogP contribution in [0.2, 0.25) is 0 Å². The molecule has 0 aromatic rings. The minimum Gasteiger partial charge on any atom is -0.465 e. The Morgan fingerprint density at radius 2 is 2.00 bits per heavy atom. The average Bonchev–Trinajstić information content (AvgIpc) is 2.46. The van der Waals surface area contributed by atoms with Crippen molar-refractivity contribution >= 4 is 17.7 Å². The van der Waals surface area contributed by atoms with Gasteiger partial charge in [0.05, 0.1) is 6.61 Å². The van der Waals surface area contributed by atoms with Crippen molar-refractivity contribution in [3.63, 3.8) is 0 Å². The number of nitrogens with one attached hydrogen (secondary N) is 1. The van der Waals surface area contributed by atoms with Crippen LogP contribution in [0.1, 0.15) is 72.6 Å². The molecular weight excluding hydrogens is 282 g/mol. The van der Waals surface area contributed by atoms with Gasteiger partial charge in [0.15, 0.2) is 0 Å². The lowest BCUT2D eigenvalue weighted by Gasteiger charge is -2.32. The summed E-state index contributed by atoms with van der Waals surface area (Å²) in [5.41, 5.74) is -0.549. The SMILES string of the molecule is CCCNC(C)(CC(C)SC1CCCCC1)C(=O)OCC. The minimum atomic E-state index is -0.549. The van der Waals surface area contributed by atoms with Crippen molar-refractivity contribution in [2.75, 3.05) is 13.2 Å². The molecule has 1 aliphatic carbocycles. The van der Waals surface area contributed by atoms with Gasteiger partial charge in [0, 0.05) is 10.5 Å². The maximum atomic E-state index is 12.3. The predicted octanol–water partition coefficient (Wildman–Crippen LogP) is 4.15. The molecule has 0 aromatic carbocycles. The monoisotopic (exact) mass is 315 g/mol. The molecule has 0 bridgehead atoms. The first-order valence-corrected chi connectivity index (χ1v) is 9.53. The maximum Gasteiger partial charge on any atom is 0.326 e. The first kappa shape index (κ1) is 18.8. The fraction of sp³-hybridized carbons (Fsp3) is 0.941. The van der Waals surface area contributed by atoms with E-state index in [-0.39, 0.29) is 5.97 Å². The number of carbonyl (C=O) groups is 1. The lowest BCUT2D eigenvalue weighted by atomic mass is 9.95. The maximum absolute atomic E-state index is 12.3. The van der Waals surface area contributed by atoms with E-state index >= 15 is 0 Å². The summed E-state index contributed by atoms with van der Waals surface area (Å²) >= 11 is 2.07. The molecule has 1 aliphatic rings. The molecule has 0 heterocycles. The molecular formula is C17H33NO2S. The van der Waals surface area contributed by atoms with Gasteiger partial charge in [0.1, 0.15) is 5.54 Å². The highest BCUT2D eigenvalue weighted by molar-refractivity contribution is 8.00. The Morgan fingerprint density at radius 1 is 1.33 bits per heavy atom. The third kappa shape index (κ3) is 6.60. The van der Waals surface area contributed by atoms with Crippen molar-refractivity contribution in [1.29, 1.82) is 0 Å². The van der Waals surface area contributed by atoms with E-state index in [9.17, 15) is 4.79 Å². The largest absolute Gasteiger partial charge is 0.465 e. The van der Waals surface area contributed by atoms with Crippen LogP contribution in [0.5, 0.6) is 0 Å². The number of ether oxygens (including phenoxy) is 1. The number of hydrogen-bond acceptors (Lipinski definition) is 4. The summed E-state index contributed by atoms with van der Waals surface area (Å²) in [6.07, 6.45) is 8.68. The minimum absolute atomic E-state index is 0.102. The number of esters is 1. The molecule has 1 saturated carbocycles. The second kappa shape index (κ2) is 9.73. The Hall–Kier alpha value is -0.220. The fourth-order valence-corrected chi connectivity index (χ4v) is 4.76. The molecule has 0 spiro atoms. The molecule has 2 atom stereocenters. The third-order valence-corrected chi connectivity index (χ3v) is 5.65. The molecule has 2 unspecified atom stereocenters. The number of thioether (sulfide) groups is 1. The summed E-state index contributed by atoms with van der Waals surface area (Å²) in [4.78, 5) is 12.3. The summed E-state index contributed by atoms with van der Waals surface area (Å²) in [7, 11) is 0. The van der Waals surface area contributed by atoms with Crippen molar-refractivity contribution in [1.82, 2.24) is 5.32 Å². The summed E-state index contributed by atoms with van der Waals surface area (Å²) in [6, 6.07) is 0. The van der Waals surface area contributed by atoms with E-state index in [4.69, 9.17) is 4.74 Å². The summed E-state index contributed by atoms with van der Waals surface area (Å²) < 4.78 is 5.28. The van der Waals surface area contributed by atoms with Crippen LogP contribution >= 0.6 is 11.8 Å². The molecule has 1 N–H and O–H groups in total. The Balaban J connectivity index is 2.54. The molecule has 21 heavy (non-hydrogen) atoms. The van der Waals surface area contributed by atoms with E-state index in [0.29, 0.717) is 11.9 Å². The molecule has 0 aromatic heterocycles. The van der Waals surface area contributed by atoms with Gasteiger partial charge in [-0.25, -0.2) is 0 Å². The lowest BCUT2D eigenvalue weighted by Crippen LogP contribution is -2.52. The van der Waals surface area contributed by atoms with Gasteiger partial charge in [-0.15, -0.1) is 0 Å². The number of carbonyl (C=O) groups excluding carboxylic acids is 1. The van der Waals surface area contributed by atoms with E-state index in [1.54, 1.807) is 0 Å². The topological polar surface area (TPSA) is 38.3 Å². The average molecular weight is 316 g/mol. The van der Waals surface area contributed by atoms with Crippen LogP contribution in [-0.4, -0.2) is 35.2 Å². The standard InChI is InChI=1S/C17H33NO2S/c1-5-12-18-17(4,16(19)20-6-2)13-14(3)21-15-10-8-7-9-11-15/h14-15,18H,5-13H2,1-4H3. The second-order valence-corrected chi connectivity index (χ2v) is 8.13. The van der Waals surface area contributed by atoms with Crippen LogP contribution < -0.4 is 5.32 Å². The van der Waals surface area contributed by atoms with Gasteiger partial charge in [-0.05, 0) is 46.1 Å². The highest BCUT2D eigenvalue weighted by atomic mass is 32.2. The molecule has 0 saturated heterocycles. The highest BCUT2D eigenvalue weighted by Gasteiger charge is 2.36. The van der Waals surface area contributed by atoms with Gasteiger partial charge in [-0.3, -0.25) is 4.79 Å². The Morgan fingerprint density at radius 3 is 2.57 bits per heavy atom. The summed E-state index contributed by atoms with van der Waals surface area (Å²) in [5, 5.41) is 4.67. The van der Waals surface area contributed by atoms with E-state index in [1.807, 2.05) is 13.8 Å². The normalized spacial score (nSPS) is 20.8. The third-order valence-electron chi connectivity index (χ3n) is 4.16. The second-order valence-electron chi connectivity index (χ2n) is 6.39. The van der Waals surface area contributed by atoms with Crippen LogP contribution in [0.3, 0.4) is 0 Å². The molecule has 4 heteroatoms. The van der Waals surface area contributed by atoms with E-state index < -0.39 is 5.54 Å². The zero-order chi connectivity index (χ0) is 15.7. The van der Waals surface area contributed by atoms with Crippen LogP contribution in [-0.2, 0) is 9.53 Å². The quantitative estimate of drug-likeness (QED) is 0.649. The molecule has 0 aliphatic heterocycles. The lowest BCUT2D eigenvalue weighted by molar-refractivity contribution is -0.150. The van der Waals surface area contributed by atoms with Crippen molar-refractivity contribution < 1.29 is 9.53 Å². The van der Waals surface area contributed by atoms with Crippen molar-refractivity contribution in [3.05, 3.63) is 0 Å². The zero-order valence-corrected chi connectivity index (χ0v) is 15.1.